The Labute approximate surface area is 105 Å². The lowest BCUT2D eigenvalue weighted by molar-refractivity contribution is -0.906. The lowest BCUT2D eigenvalue weighted by Crippen LogP contribution is -2.44. The molecule has 0 aromatic heterocycles. The smallest absolute Gasteiger partial charge is 0.0801 e. The van der Waals surface area contributed by atoms with Crippen molar-refractivity contribution in [3.05, 3.63) is 24.3 Å². The Morgan fingerprint density at radius 1 is 1.18 bits per heavy atom. The molecule has 0 radical (unpaired) electrons. The van der Waals surface area contributed by atoms with Crippen LogP contribution in [-0.2, 0) is 0 Å². The maximum Gasteiger partial charge on any atom is 0.0801 e. The van der Waals surface area contributed by atoms with Crippen molar-refractivity contribution in [3.63, 3.8) is 0 Å². The zero-order valence-electron chi connectivity index (χ0n) is 11.4. The summed E-state index contributed by atoms with van der Waals surface area (Å²) in [6.07, 6.45) is 1.17. The lowest BCUT2D eigenvalue weighted by atomic mass is 10.2. The van der Waals surface area contributed by atoms with Gasteiger partial charge in [-0.05, 0) is 26.0 Å². The Balaban J connectivity index is 2.32. The summed E-state index contributed by atoms with van der Waals surface area (Å²) in [4.78, 5) is 0. The zero-order valence-corrected chi connectivity index (χ0v) is 11.4. The molecule has 1 rings (SSSR count). The van der Waals surface area contributed by atoms with Gasteiger partial charge in [-0.25, -0.2) is 0 Å². The van der Waals surface area contributed by atoms with Crippen molar-refractivity contribution < 1.29 is 4.48 Å². The van der Waals surface area contributed by atoms with Crippen LogP contribution in [0.15, 0.2) is 24.3 Å². The van der Waals surface area contributed by atoms with Crippen LogP contribution in [-0.4, -0.2) is 37.7 Å². The second kappa shape index (κ2) is 6.50. The highest BCUT2D eigenvalue weighted by Crippen LogP contribution is 2.16. The highest BCUT2D eigenvalue weighted by Gasteiger charge is 2.14. The van der Waals surface area contributed by atoms with Crippen LogP contribution in [0.3, 0.4) is 0 Å². The minimum absolute atomic E-state index is 0.829. The maximum absolute atomic E-state index is 5.87. The van der Waals surface area contributed by atoms with Crippen molar-refractivity contribution in [2.45, 2.75) is 20.3 Å². The Morgan fingerprint density at radius 2 is 1.82 bits per heavy atom. The molecular formula is C14H26N3+. The first-order valence-electron chi connectivity index (χ1n) is 6.53. The molecule has 0 spiro atoms. The molecule has 0 aliphatic heterocycles. The van der Waals surface area contributed by atoms with Crippen LogP contribution in [0.4, 0.5) is 11.4 Å². The number of rotatable bonds is 7. The number of para-hydroxylation sites is 2. The maximum atomic E-state index is 5.87. The zero-order chi connectivity index (χ0) is 12.7. The average Bonchev–Trinajstić information content (AvgIpc) is 2.36. The Morgan fingerprint density at radius 3 is 2.41 bits per heavy atom. The van der Waals surface area contributed by atoms with Crippen molar-refractivity contribution in [1.29, 1.82) is 0 Å². The molecule has 0 heterocycles. The largest absolute Gasteiger partial charge is 0.397 e. The van der Waals surface area contributed by atoms with Crippen molar-refractivity contribution in [1.82, 2.24) is 0 Å². The predicted octanol–water partition coefficient (Wildman–Crippen LogP) is 2.56. The Bertz CT molecular complexity index is 332. The van der Waals surface area contributed by atoms with E-state index in [1.807, 2.05) is 24.3 Å². The van der Waals surface area contributed by atoms with E-state index >= 15 is 0 Å². The number of hydrogen-bond acceptors (Lipinski definition) is 2. The van der Waals surface area contributed by atoms with Gasteiger partial charge in [-0.2, -0.15) is 0 Å². The van der Waals surface area contributed by atoms with E-state index in [0.717, 1.165) is 22.4 Å². The van der Waals surface area contributed by atoms with E-state index in [2.05, 4.69) is 26.2 Å². The van der Waals surface area contributed by atoms with Crippen LogP contribution < -0.4 is 11.1 Å². The Kier molecular flexibility index (Phi) is 5.29. The van der Waals surface area contributed by atoms with Crippen LogP contribution in [0.5, 0.6) is 0 Å². The summed E-state index contributed by atoms with van der Waals surface area (Å²) in [6.45, 7) is 9.11. The van der Waals surface area contributed by atoms with Crippen LogP contribution in [0, 0.1) is 0 Å². The van der Waals surface area contributed by atoms with Gasteiger partial charge in [0.05, 0.1) is 38.1 Å². The minimum atomic E-state index is 0.829. The third-order valence-corrected chi connectivity index (χ3v) is 3.68. The second-order valence-corrected chi connectivity index (χ2v) is 4.84. The molecule has 3 heteroatoms. The fraction of sp³-hybridized carbons (Fsp3) is 0.571. The number of anilines is 2. The summed E-state index contributed by atoms with van der Waals surface area (Å²) >= 11 is 0. The summed E-state index contributed by atoms with van der Waals surface area (Å²) in [7, 11) is 2.32. The molecule has 0 saturated heterocycles. The van der Waals surface area contributed by atoms with E-state index in [-0.39, 0.29) is 0 Å². The summed E-state index contributed by atoms with van der Waals surface area (Å²) in [5.74, 6) is 0. The molecule has 1 aromatic rings. The van der Waals surface area contributed by atoms with E-state index in [1.165, 1.54) is 26.1 Å². The number of quaternary nitrogens is 1. The SMILES string of the molecule is CC[N+](C)(CC)CCCNc1ccccc1N. The molecule has 0 unspecified atom stereocenters. The molecule has 0 aliphatic carbocycles. The molecule has 0 fully saturated rings. The molecule has 0 amide bonds. The first kappa shape index (κ1) is 13.8. The van der Waals surface area contributed by atoms with Gasteiger partial charge < -0.3 is 15.5 Å². The quantitative estimate of drug-likeness (QED) is 0.434. The van der Waals surface area contributed by atoms with Crippen LogP contribution in [0.1, 0.15) is 20.3 Å². The fourth-order valence-corrected chi connectivity index (χ4v) is 1.88. The van der Waals surface area contributed by atoms with Gasteiger partial charge in [-0.1, -0.05) is 12.1 Å². The number of benzene rings is 1. The van der Waals surface area contributed by atoms with Crippen molar-refractivity contribution in [3.8, 4) is 0 Å². The minimum Gasteiger partial charge on any atom is -0.397 e. The monoisotopic (exact) mass is 236 g/mol. The third-order valence-electron chi connectivity index (χ3n) is 3.68. The normalized spacial score (nSPS) is 11.5. The van der Waals surface area contributed by atoms with Gasteiger partial charge in [-0.15, -0.1) is 0 Å². The molecule has 96 valence electrons. The molecule has 3 N–H and O–H groups in total. The number of nitrogens with two attached hydrogens (primary N) is 1. The number of nitrogens with one attached hydrogen (secondary N) is 1. The van der Waals surface area contributed by atoms with Crippen LogP contribution in [0.25, 0.3) is 0 Å². The molecule has 0 atom stereocenters. The molecule has 3 nitrogen and oxygen atoms in total. The summed E-state index contributed by atoms with van der Waals surface area (Å²) < 4.78 is 1.14. The van der Waals surface area contributed by atoms with Gasteiger partial charge in [0.2, 0.25) is 0 Å². The topological polar surface area (TPSA) is 38.0 Å². The summed E-state index contributed by atoms with van der Waals surface area (Å²) in [5.41, 5.74) is 7.75. The lowest BCUT2D eigenvalue weighted by Gasteiger charge is -2.32. The van der Waals surface area contributed by atoms with Gasteiger partial charge in [-0.3, -0.25) is 0 Å². The Hall–Kier alpha value is -1.22. The van der Waals surface area contributed by atoms with Gasteiger partial charge in [0.1, 0.15) is 0 Å². The van der Waals surface area contributed by atoms with E-state index in [1.54, 1.807) is 0 Å². The highest BCUT2D eigenvalue weighted by atomic mass is 15.3. The first-order chi connectivity index (χ1) is 8.11. The van der Waals surface area contributed by atoms with Crippen molar-refractivity contribution >= 4 is 11.4 Å². The van der Waals surface area contributed by atoms with Gasteiger partial charge in [0, 0.05) is 13.0 Å². The average molecular weight is 236 g/mol. The summed E-state index contributed by atoms with van der Waals surface area (Å²) in [5, 5.41) is 3.40. The molecular weight excluding hydrogens is 210 g/mol. The second-order valence-electron chi connectivity index (χ2n) is 4.84. The van der Waals surface area contributed by atoms with Crippen LogP contribution in [0.2, 0.25) is 0 Å². The third kappa shape index (κ3) is 4.27. The van der Waals surface area contributed by atoms with Gasteiger partial charge >= 0.3 is 0 Å². The van der Waals surface area contributed by atoms with Crippen molar-refractivity contribution in [2.75, 3.05) is 44.3 Å². The highest BCUT2D eigenvalue weighted by molar-refractivity contribution is 5.65. The molecule has 0 saturated carbocycles. The fourth-order valence-electron chi connectivity index (χ4n) is 1.88. The predicted molar refractivity (Wildman–Crippen MR) is 76.1 cm³/mol. The van der Waals surface area contributed by atoms with E-state index < -0.39 is 0 Å². The number of nitrogen functional groups attached to an aromatic ring is 1. The molecule has 0 bridgehead atoms. The number of nitrogens with zero attached hydrogens (tertiary/aromatic N) is 1. The first-order valence-corrected chi connectivity index (χ1v) is 6.53. The van der Waals surface area contributed by atoms with Crippen molar-refractivity contribution in [2.24, 2.45) is 0 Å². The van der Waals surface area contributed by atoms with E-state index in [4.69, 9.17) is 5.73 Å². The van der Waals surface area contributed by atoms with Gasteiger partial charge in [0.25, 0.3) is 0 Å². The van der Waals surface area contributed by atoms with E-state index in [0.29, 0.717) is 0 Å². The van der Waals surface area contributed by atoms with Crippen LogP contribution >= 0.6 is 0 Å². The molecule has 1 aromatic carbocycles. The number of hydrogen-bond donors (Lipinski definition) is 2. The van der Waals surface area contributed by atoms with E-state index in [9.17, 15) is 0 Å². The molecule has 0 aliphatic rings. The standard InChI is InChI=1S/C14H26N3/c1-4-17(3,5-2)12-8-11-16-14-10-7-6-9-13(14)15/h6-7,9-10,16H,4-5,8,11-12,15H2,1-3H3/q+1. The summed E-state index contributed by atoms with van der Waals surface area (Å²) in [6, 6.07) is 7.93. The van der Waals surface area contributed by atoms with Gasteiger partial charge in [0.15, 0.2) is 0 Å². The molecule has 17 heavy (non-hydrogen) atoms.